The first-order valence-corrected chi connectivity index (χ1v) is 8.67. The predicted octanol–water partition coefficient (Wildman–Crippen LogP) is 3.87. The number of imidazole rings is 1. The third-order valence-electron chi connectivity index (χ3n) is 3.95. The minimum Gasteiger partial charge on any atom is -0.497 e. The minimum absolute atomic E-state index is 0.0634. The number of methoxy groups -OCH3 is 1. The Morgan fingerprint density at radius 1 is 1.30 bits per heavy atom. The zero-order valence-electron chi connectivity index (χ0n) is 14.1. The lowest BCUT2D eigenvalue weighted by Crippen LogP contribution is -2.16. The lowest BCUT2D eigenvalue weighted by Gasteiger charge is -2.18. The van der Waals surface area contributed by atoms with E-state index in [4.69, 9.17) is 15.5 Å². The fraction of sp³-hybridized carbons (Fsp3) is 0.389. The first kappa shape index (κ1) is 16.0. The Hall–Kier alpha value is -1.85. The molecule has 3 aromatic rings. The van der Waals surface area contributed by atoms with E-state index in [0.717, 1.165) is 28.4 Å². The van der Waals surface area contributed by atoms with Gasteiger partial charge in [0.05, 0.1) is 18.5 Å². The van der Waals surface area contributed by atoms with Gasteiger partial charge in [-0.2, -0.15) is 0 Å². The van der Waals surface area contributed by atoms with Gasteiger partial charge in [0.15, 0.2) is 4.96 Å². The maximum Gasteiger partial charge on any atom is 0.194 e. The first-order chi connectivity index (χ1) is 11.0. The molecule has 0 unspecified atom stereocenters. The molecular weight excluding hydrogens is 306 g/mol. The molecule has 122 valence electrons. The van der Waals surface area contributed by atoms with E-state index in [1.807, 2.05) is 18.2 Å². The van der Waals surface area contributed by atoms with Gasteiger partial charge in [-0.15, -0.1) is 11.3 Å². The normalized spacial score (nSPS) is 12.0. The third-order valence-corrected chi connectivity index (χ3v) is 4.78. The molecule has 0 bridgehead atoms. The zero-order chi connectivity index (χ0) is 16.6. The summed E-state index contributed by atoms with van der Waals surface area (Å²) < 4.78 is 7.64. The molecule has 0 aliphatic rings. The highest BCUT2D eigenvalue weighted by Crippen LogP contribution is 2.34. The van der Waals surface area contributed by atoms with Crippen molar-refractivity contribution in [2.24, 2.45) is 5.73 Å². The van der Waals surface area contributed by atoms with Crippen LogP contribution in [0, 0.1) is 0 Å². The molecule has 0 atom stereocenters. The monoisotopic (exact) mass is 329 g/mol. The maximum absolute atomic E-state index is 5.88. The van der Waals surface area contributed by atoms with Crippen molar-refractivity contribution < 1.29 is 4.74 Å². The molecule has 5 heteroatoms. The topological polar surface area (TPSA) is 52.5 Å². The van der Waals surface area contributed by atoms with E-state index in [1.54, 1.807) is 18.4 Å². The molecule has 2 aromatic heterocycles. The van der Waals surface area contributed by atoms with Gasteiger partial charge >= 0.3 is 0 Å². The van der Waals surface area contributed by atoms with Gasteiger partial charge in [-0.3, -0.25) is 4.40 Å². The van der Waals surface area contributed by atoms with Crippen molar-refractivity contribution in [1.29, 1.82) is 0 Å². The van der Waals surface area contributed by atoms with Gasteiger partial charge in [0.25, 0.3) is 0 Å². The van der Waals surface area contributed by atoms with Gasteiger partial charge in [0, 0.05) is 28.5 Å². The molecule has 0 saturated carbocycles. The molecule has 0 fully saturated rings. The number of nitrogens with two attached hydrogens (primary N) is 1. The lowest BCUT2D eigenvalue weighted by molar-refractivity contribution is 0.415. The molecule has 0 aliphatic heterocycles. The second-order valence-electron chi connectivity index (χ2n) is 6.67. The van der Waals surface area contributed by atoms with Crippen molar-refractivity contribution in [2.45, 2.75) is 32.6 Å². The van der Waals surface area contributed by atoms with E-state index >= 15 is 0 Å². The molecule has 0 saturated heterocycles. The smallest absolute Gasteiger partial charge is 0.194 e. The summed E-state index contributed by atoms with van der Waals surface area (Å²) in [6, 6.07) is 8.05. The summed E-state index contributed by atoms with van der Waals surface area (Å²) in [5, 5.41) is 2.21. The zero-order valence-corrected chi connectivity index (χ0v) is 14.9. The van der Waals surface area contributed by atoms with Gasteiger partial charge in [-0.1, -0.05) is 32.9 Å². The average molecular weight is 329 g/mol. The Morgan fingerprint density at radius 2 is 2.09 bits per heavy atom. The number of rotatable bonds is 4. The highest BCUT2D eigenvalue weighted by Gasteiger charge is 2.24. The summed E-state index contributed by atoms with van der Waals surface area (Å²) >= 11 is 1.69. The quantitative estimate of drug-likeness (QED) is 0.790. The van der Waals surface area contributed by atoms with Crippen molar-refractivity contribution in [1.82, 2.24) is 9.38 Å². The Kier molecular flexibility index (Phi) is 4.17. The predicted molar refractivity (Wildman–Crippen MR) is 96.5 cm³/mol. The number of hydrogen-bond donors (Lipinski definition) is 1. The number of aromatic nitrogens is 2. The van der Waals surface area contributed by atoms with Crippen molar-refractivity contribution in [3.05, 3.63) is 41.0 Å². The summed E-state index contributed by atoms with van der Waals surface area (Å²) in [7, 11) is 1.68. The number of ether oxygens (including phenoxy) is 1. The summed E-state index contributed by atoms with van der Waals surface area (Å²) in [4.78, 5) is 5.91. The van der Waals surface area contributed by atoms with E-state index in [9.17, 15) is 0 Å². The van der Waals surface area contributed by atoms with E-state index in [2.05, 4.69) is 36.6 Å². The van der Waals surface area contributed by atoms with Crippen LogP contribution < -0.4 is 10.5 Å². The maximum atomic E-state index is 5.88. The fourth-order valence-electron chi connectivity index (χ4n) is 2.80. The summed E-state index contributed by atoms with van der Waals surface area (Å²) in [5.41, 5.74) is 10.5. The Bertz CT molecular complexity index is 827. The summed E-state index contributed by atoms with van der Waals surface area (Å²) in [5.74, 6) is 0.841. The molecule has 2 N–H and O–H groups in total. The molecule has 0 amide bonds. The Balaban J connectivity index is 2.24. The van der Waals surface area contributed by atoms with E-state index in [1.165, 1.54) is 11.4 Å². The Labute approximate surface area is 140 Å². The van der Waals surface area contributed by atoms with Crippen LogP contribution in [-0.4, -0.2) is 23.0 Å². The van der Waals surface area contributed by atoms with Gasteiger partial charge in [-0.05, 0) is 18.7 Å². The first-order valence-electron chi connectivity index (χ1n) is 7.79. The second kappa shape index (κ2) is 5.98. The van der Waals surface area contributed by atoms with E-state index < -0.39 is 0 Å². The van der Waals surface area contributed by atoms with Crippen LogP contribution in [0.5, 0.6) is 5.75 Å². The van der Waals surface area contributed by atoms with Crippen LogP contribution in [0.25, 0.3) is 16.2 Å². The van der Waals surface area contributed by atoms with Crippen LogP contribution in [0.4, 0.5) is 0 Å². The van der Waals surface area contributed by atoms with E-state index in [-0.39, 0.29) is 5.41 Å². The van der Waals surface area contributed by atoms with Gasteiger partial charge < -0.3 is 10.5 Å². The highest BCUT2D eigenvalue weighted by molar-refractivity contribution is 7.15. The molecule has 0 spiro atoms. The molecule has 3 rings (SSSR count). The molecular formula is C18H23N3OS. The van der Waals surface area contributed by atoms with Crippen molar-refractivity contribution in [3.63, 3.8) is 0 Å². The standard InChI is InChI=1S/C18H23N3OS/c1-18(2,3)15-11-23-17-20-16(14(8-9-19)21(15)17)12-6-5-7-13(10-12)22-4/h5-7,10-11H,8-9,19H2,1-4H3. The largest absolute Gasteiger partial charge is 0.497 e. The molecule has 1 aromatic carbocycles. The molecule has 0 radical (unpaired) electrons. The third kappa shape index (κ3) is 2.86. The molecule has 23 heavy (non-hydrogen) atoms. The van der Waals surface area contributed by atoms with Crippen molar-refractivity contribution >= 4 is 16.3 Å². The lowest BCUT2D eigenvalue weighted by atomic mass is 9.93. The minimum atomic E-state index is 0.0634. The Morgan fingerprint density at radius 3 is 2.74 bits per heavy atom. The van der Waals surface area contributed by atoms with Crippen LogP contribution in [-0.2, 0) is 11.8 Å². The summed E-state index contributed by atoms with van der Waals surface area (Å²) in [6.45, 7) is 7.29. The number of nitrogens with zero attached hydrogens (tertiary/aromatic N) is 2. The number of thiazole rings is 1. The van der Waals surface area contributed by atoms with Gasteiger partial charge in [0.1, 0.15) is 5.75 Å². The van der Waals surface area contributed by atoms with Crippen LogP contribution in [0.3, 0.4) is 0 Å². The molecule has 4 nitrogen and oxygen atoms in total. The van der Waals surface area contributed by atoms with Gasteiger partial charge in [-0.25, -0.2) is 4.98 Å². The average Bonchev–Trinajstić information content (AvgIpc) is 3.07. The van der Waals surface area contributed by atoms with Crippen LogP contribution in [0.15, 0.2) is 29.6 Å². The van der Waals surface area contributed by atoms with Crippen molar-refractivity contribution in [2.75, 3.05) is 13.7 Å². The number of hydrogen-bond acceptors (Lipinski definition) is 4. The van der Waals surface area contributed by atoms with Crippen LogP contribution >= 0.6 is 11.3 Å². The van der Waals surface area contributed by atoms with E-state index in [0.29, 0.717) is 6.54 Å². The van der Waals surface area contributed by atoms with Gasteiger partial charge in [0.2, 0.25) is 0 Å². The SMILES string of the molecule is COc1cccc(-c2nc3scc(C(C)(C)C)n3c2CCN)c1. The highest BCUT2D eigenvalue weighted by atomic mass is 32.1. The fourth-order valence-corrected chi connectivity index (χ4v) is 3.93. The van der Waals surface area contributed by atoms with Crippen LogP contribution in [0.1, 0.15) is 32.2 Å². The van der Waals surface area contributed by atoms with Crippen molar-refractivity contribution in [3.8, 4) is 17.0 Å². The second-order valence-corrected chi connectivity index (χ2v) is 7.50. The number of fused-ring (bicyclic) bond motifs is 1. The van der Waals surface area contributed by atoms with Crippen LogP contribution in [0.2, 0.25) is 0 Å². The summed E-state index contributed by atoms with van der Waals surface area (Å²) in [6.07, 6.45) is 0.799. The number of benzene rings is 1. The molecule has 0 aliphatic carbocycles. The molecule has 2 heterocycles.